The van der Waals surface area contributed by atoms with Crippen molar-refractivity contribution >= 4 is 17.3 Å². The zero-order valence-corrected chi connectivity index (χ0v) is 9.84. The first-order chi connectivity index (χ1) is 8.19. The van der Waals surface area contributed by atoms with E-state index in [0.29, 0.717) is 24.0 Å². The number of rotatable bonds is 4. The Balaban J connectivity index is 2.18. The van der Waals surface area contributed by atoms with Crippen LogP contribution in [0.25, 0.3) is 0 Å². The fraction of sp³-hybridized carbons (Fsp3) is 0.273. The molecule has 0 spiro atoms. The first-order valence-corrected chi connectivity index (χ1v) is 5.35. The third-order valence-electron chi connectivity index (χ3n) is 2.14. The fourth-order valence-electron chi connectivity index (χ4n) is 1.39. The van der Waals surface area contributed by atoms with E-state index in [1.807, 2.05) is 26.2 Å². The van der Waals surface area contributed by atoms with E-state index in [-0.39, 0.29) is 0 Å². The van der Waals surface area contributed by atoms with Gasteiger partial charge in [0.25, 0.3) is 0 Å². The van der Waals surface area contributed by atoms with Crippen molar-refractivity contribution in [3.63, 3.8) is 0 Å². The highest BCUT2D eigenvalue weighted by Gasteiger charge is 2.05. The molecule has 90 valence electrons. The number of nitrogens with two attached hydrogens (primary N) is 1. The van der Waals surface area contributed by atoms with Gasteiger partial charge in [-0.1, -0.05) is 0 Å². The first-order valence-electron chi connectivity index (χ1n) is 5.35. The van der Waals surface area contributed by atoms with Crippen LogP contribution in [0.5, 0.6) is 5.88 Å². The molecule has 6 heteroatoms. The minimum absolute atomic E-state index is 0.438. The molecule has 0 bridgehead atoms. The molecule has 17 heavy (non-hydrogen) atoms. The summed E-state index contributed by atoms with van der Waals surface area (Å²) in [6, 6.07) is 5.40. The van der Waals surface area contributed by atoms with Gasteiger partial charge in [0.05, 0.1) is 12.3 Å². The summed E-state index contributed by atoms with van der Waals surface area (Å²) in [5.41, 5.74) is 6.26. The third kappa shape index (κ3) is 2.66. The van der Waals surface area contributed by atoms with Gasteiger partial charge in [-0.15, -0.1) is 0 Å². The maximum Gasteiger partial charge on any atom is 0.239 e. The van der Waals surface area contributed by atoms with Gasteiger partial charge < -0.3 is 15.8 Å². The SMILES string of the molecule is CCOc1nc(Nc2ccn(C)n2)ccc1N. The largest absolute Gasteiger partial charge is 0.476 e. The van der Waals surface area contributed by atoms with E-state index in [2.05, 4.69) is 15.4 Å². The fourth-order valence-corrected chi connectivity index (χ4v) is 1.39. The van der Waals surface area contributed by atoms with Crippen LogP contribution in [-0.2, 0) is 7.05 Å². The molecule has 0 atom stereocenters. The topological polar surface area (TPSA) is 78.0 Å². The van der Waals surface area contributed by atoms with Crippen molar-refractivity contribution in [2.45, 2.75) is 6.92 Å². The van der Waals surface area contributed by atoms with Gasteiger partial charge >= 0.3 is 0 Å². The van der Waals surface area contributed by atoms with Crippen molar-refractivity contribution < 1.29 is 4.74 Å². The van der Waals surface area contributed by atoms with E-state index < -0.39 is 0 Å². The van der Waals surface area contributed by atoms with Crippen molar-refractivity contribution in [1.82, 2.24) is 14.8 Å². The predicted molar refractivity (Wildman–Crippen MR) is 66.3 cm³/mol. The number of hydrogen-bond acceptors (Lipinski definition) is 5. The molecule has 0 unspecified atom stereocenters. The number of aromatic nitrogens is 3. The van der Waals surface area contributed by atoms with Gasteiger partial charge in [0, 0.05) is 19.3 Å². The summed E-state index contributed by atoms with van der Waals surface area (Å²) in [6.45, 7) is 2.42. The second-order valence-corrected chi connectivity index (χ2v) is 3.52. The Morgan fingerprint density at radius 2 is 2.18 bits per heavy atom. The van der Waals surface area contributed by atoms with Crippen LogP contribution in [0.2, 0.25) is 0 Å². The van der Waals surface area contributed by atoms with Crippen LogP contribution < -0.4 is 15.8 Å². The van der Waals surface area contributed by atoms with Gasteiger partial charge in [-0.25, -0.2) is 0 Å². The summed E-state index contributed by atoms with van der Waals surface area (Å²) in [5, 5.41) is 7.27. The number of nitrogens with zero attached hydrogens (tertiary/aromatic N) is 3. The van der Waals surface area contributed by atoms with Crippen LogP contribution in [0.1, 0.15) is 6.92 Å². The Morgan fingerprint density at radius 3 is 2.82 bits per heavy atom. The van der Waals surface area contributed by atoms with Gasteiger partial charge in [-0.05, 0) is 19.1 Å². The maximum atomic E-state index is 5.74. The summed E-state index contributed by atoms with van der Waals surface area (Å²) in [4.78, 5) is 4.26. The van der Waals surface area contributed by atoms with Gasteiger partial charge in [0.2, 0.25) is 5.88 Å². The molecule has 2 rings (SSSR count). The zero-order valence-electron chi connectivity index (χ0n) is 9.84. The molecule has 2 heterocycles. The van der Waals surface area contributed by atoms with Gasteiger partial charge in [0.1, 0.15) is 5.82 Å². The molecule has 6 nitrogen and oxygen atoms in total. The quantitative estimate of drug-likeness (QED) is 0.837. The maximum absolute atomic E-state index is 5.74. The van der Waals surface area contributed by atoms with E-state index in [1.54, 1.807) is 16.8 Å². The Kier molecular flexibility index (Phi) is 3.13. The highest BCUT2D eigenvalue weighted by molar-refractivity contribution is 5.58. The molecule has 0 fully saturated rings. The average molecular weight is 233 g/mol. The number of ether oxygens (including phenoxy) is 1. The Morgan fingerprint density at radius 1 is 1.35 bits per heavy atom. The van der Waals surface area contributed by atoms with Crippen molar-refractivity contribution in [1.29, 1.82) is 0 Å². The zero-order chi connectivity index (χ0) is 12.3. The second-order valence-electron chi connectivity index (χ2n) is 3.52. The molecule has 2 aromatic heterocycles. The highest BCUT2D eigenvalue weighted by Crippen LogP contribution is 2.22. The molecular formula is C11H15N5O. The number of anilines is 3. The van der Waals surface area contributed by atoms with Crippen LogP contribution in [0.15, 0.2) is 24.4 Å². The van der Waals surface area contributed by atoms with Crippen LogP contribution in [0, 0.1) is 0 Å². The van der Waals surface area contributed by atoms with Gasteiger partial charge in [0.15, 0.2) is 5.82 Å². The van der Waals surface area contributed by atoms with Crippen LogP contribution >= 0.6 is 0 Å². The molecule has 0 radical (unpaired) electrons. The standard InChI is InChI=1S/C11H15N5O/c1-3-17-11-8(12)4-5-9(14-11)13-10-6-7-16(2)15-10/h4-7H,3,12H2,1-2H3,(H,13,14,15). The van der Waals surface area contributed by atoms with Gasteiger partial charge in [-0.3, -0.25) is 4.68 Å². The number of aryl methyl sites for hydroxylation is 1. The van der Waals surface area contributed by atoms with E-state index in [4.69, 9.17) is 10.5 Å². The lowest BCUT2D eigenvalue weighted by Gasteiger charge is -2.08. The molecule has 0 aliphatic carbocycles. The first kappa shape index (κ1) is 11.3. The number of nitrogens with one attached hydrogen (secondary N) is 1. The van der Waals surface area contributed by atoms with Crippen LogP contribution in [0.4, 0.5) is 17.3 Å². The summed E-state index contributed by atoms with van der Waals surface area (Å²) in [7, 11) is 1.85. The molecule has 0 saturated heterocycles. The van der Waals surface area contributed by atoms with E-state index in [1.165, 1.54) is 0 Å². The molecule has 0 aromatic carbocycles. The molecule has 0 saturated carbocycles. The minimum Gasteiger partial charge on any atom is -0.476 e. The van der Waals surface area contributed by atoms with Crippen molar-refractivity contribution in [2.75, 3.05) is 17.7 Å². The third-order valence-corrected chi connectivity index (χ3v) is 2.14. The van der Waals surface area contributed by atoms with E-state index >= 15 is 0 Å². The van der Waals surface area contributed by atoms with Crippen molar-refractivity contribution in [2.24, 2.45) is 7.05 Å². The molecule has 0 aliphatic rings. The van der Waals surface area contributed by atoms with Crippen molar-refractivity contribution in [3.8, 4) is 5.88 Å². The average Bonchev–Trinajstić information content (AvgIpc) is 2.69. The van der Waals surface area contributed by atoms with Crippen LogP contribution in [0.3, 0.4) is 0 Å². The lowest BCUT2D eigenvalue weighted by atomic mass is 10.4. The Bertz CT molecular complexity index is 508. The summed E-state index contributed by atoms with van der Waals surface area (Å²) in [5.74, 6) is 1.82. The van der Waals surface area contributed by atoms with Gasteiger partial charge in [-0.2, -0.15) is 10.1 Å². The summed E-state index contributed by atoms with van der Waals surface area (Å²) < 4.78 is 7.03. The molecule has 2 aromatic rings. The summed E-state index contributed by atoms with van der Waals surface area (Å²) >= 11 is 0. The van der Waals surface area contributed by atoms with Crippen molar-refractivity contribution in [3.05, 3.63) is 24.4 Å². The Labute approximate surface area is 99.4 Å². The molecule has 0 amide bonds. The molecule has 3 N–H and O–H groups in total. The summed E-state index contributed by atoms with van der Waals surface area (Å²) in [6.07, 6.45) is 1.85. The molecular weight excluding hydrogens is 218 g/mol. The monoisotopic (exact) mass is 233 g/mol. The number of nitrogen functional groups attached to an aromatic ring is 1. The number of hydrogen-bond donors (Lipinski definition) is 2. The highest BCUT2D eigenvalue weighted by atomic mass is 16.5. The normalized spacial score (nSPS) is 10.2. The van der Waals surface area contributed by atoms with E-state index in [0.717, 1.165) is 5.82 Å². The number of pyridine rings is 1. The van der Waals surface area contributed by atoms with Crippen LogP contribution in [-0.4, -0.2) is 21.4 Å². The predicted octanol–water partition coefficient (Wildman–Crippen LogP) is 1.54. The second kappa shape index (κ2) is 4.73. The Hall–Kier alpha value is -2.24. The molecule has 0 aliphatic heterocycles. The lowest BCUT2D eigenvalue weighted by Crippen LogP contribution is -2.02. The smallest absolute Gasteiger partial charge is 0.239 e. The van der Waals surface area contributed by atoms with E-state index in [9.17, 15) is 0 Å². The lowest BCUT2D eigenvalue weighted by molar-refractivity contribution is 0.329. The minimum atomic E-state index is 0.438.